The molecule has 0 spiro atoms. The van der Waals surface area contributed by atoms with Crippen molar-refractivity contribution in [3.05, 3.63) is 0 Å². The number of hydrogen-bond donors (Lipinski definition) is 1. The first-order chi connectivity index (χ1) is 6.92. The molecule has 0 bridgehead atoms. The fourth-order valence-electron chi connectivity index (χ4n) is 2.22. The summed E-state index contributed by atoms with van der Waals surface area (Å²) in [5.74, 6) is 2.16. The van der Waals surface area contributed by atoms with Crippen LogP contribution < -0.4 is 5.32 Å². The summed E-state index contributed by atoms with van der Waals surface area (Å²) in [5, 5.41) is 3.65. The highest BCUT2D eigenvalue weighted by Gasteiger charge is 2.40. The van der Waals surface area contributed by atoms with E-state index in [0.717, 1.165) is 19.1 Å². The Bertz CT molecular complexity index is 173. The molecule has 1 saturated carbocycles. The molecule has 1 saturated heterocycles. The Hall–Kier alpha value is 0.270. The largest absolute Gasteiger partial charge is 0.376 e. The van der Waals surface area contributed by atoms with Crippen molar-refractivity contribution in [2.24, 2.45) is 5.92 Å². The van der Waals surface area contributed by atoms with Gasteiger partial charge in [0, 0.05) is 12.6 Å². The van der Waals surface area contributed by atoms with Crippen LogP contribution in [0.3, 0.4) is 0 Å². The van der Waals surface area contributed by atoms with Gasteiger partial charge in [-0.1, -0.05) is 0 Å². The second-order valence-electron chi connectivity index (χ2n) is 4.37. The van der Waals surface area contributed by atoms with Crippen molar-refractivity contribution < 1.29 is 4.74 Å². The van der Waals surface area contributed by atoms with Crippen molar-refractivity contribution in [1.82, 2.24) is 5.32 Å². The molecule has 2 aliphatic rings. The quantitative estimate of drug-likeness (QED) is 0.684. The topological polar surface area (TPSA) is 21.3 Å². The molecule has 1 aliphatic carbocycles. The highest BCUT2D eigenvalue weighted by Crippen LogP contribution is 2.38. The van der Waals surface area contributed by atoms with Gasteiger partial charge in [-0.3, -0.25) is 0 Å². The zero-order chi connectivity index (χ0) is 9.80. The highest BCUT2D eigenvalue weighted by molar-refractivity contribution is 7.98. The van der Waals surface area contributed by atoms with Crippen molar-refractivity contribution in [2.75, 3.05) is 25.2 Å². The molecule has 0 amide bonds. The van der Waals surface area contributed by atoms with Crippen LogP contribution in [0.2, 0.25) is 0 Å². The van der Waals surface area contributed by atoms with Gasteiger partial charge in [0.1, 0.15) is 0 Å². The SMILES string of the molecule is CSCCCNC1CCOC1C1CC1. The molecule has 1 aliphatic heterocycles. The first kappa shape index (κ1) is 10.8. The molecule has 82 valence electrons. The Labute approximate surface area is 91.2 Å². The average Bonchev–Trinajstić information content (AvgIpc) is 2.94. The summed E-state index contributed by atoms with van der Waals surface area (Å²) in [4.78, 5) is 0. The molecule has 14 heavy (non-hydrogen) atoms. The Kier molecular flexibility index (Phi) is 4.14. The minimum atomic E-state index is 0.546. The maximum atomic E-state index is 5.78. The molecule has 2 unspecified atom stereocenters. The lowest BCUT2D eigenvalue weighted by Gasteiger charge is -2.19. The van der Waals surface area contributed by atoms with Gasteiger partial charge in [0.25, 0.3) is 0 Å². The predicted octanol–water partition coefficient (Wildman–Crippen LogP) is 1.90. The first-order valence-electron chi connectivity index (χ1n) is 5.75. The van der Waals surface area contributed by atoms with Crippen LogP contribution in [0.4, 0.5) is 0 Å². The third-order valence-corrected chi connectivity index (χ3v) is 3.85. The maximum Gasteiger partial charge on any atom is 0.0756 e. The van der Waals surface area contributed by atoms with Crippen LogP contribution in [0.15, 0.2) is 0 Å². The zero-order valence-corrected chi connectivity index (χ0v) is 9.81. The number of rotatable bonds is 6. The zero-order valence-electron chi connectivity index (χ0n) is 9.00. The van der Waals surface area contributed by atoms with Crippen LogP contribution in [0.5, 0.6) is 0 Å². The monoisotopic (exact) mass is 215 g/mol. The van der Waals surface area contributed by atoms with Crippen LogP contribution in [0, 0.1) is 5.92 Å². The van der Waals surface area contributed by atoms with Gasteiger partial charge >= 0.3 is 0 Å². The summed E-state index contributed by atoms with van der Waals surface area (Å²) in [5.41, 5.74) is 0. The Morgan fingerprint density at radius 2 is 2.21 bits per heavy atom. The molecule has 1 N–H and O–H groups in total. The molecule has 3 heteroatoms. The molecular weight excluding hydrogens is 194 g/mol. The number of ether oxygens (including phenoxy) is 1. The molecule has 0 radical (unpaired) electrons. The van der Waals surface area contributed by atoms with Crippen molar-refractivity contribution in [1.29, 1.82) is 0 Å². The van der Waals surface area contributed by atoms with E-state index < -0.39 is 0 Å². The van der Waals surface area contributed by atoms with E-state index in [9.17, 15) is 0 Å². The van der Waals surface area contributed by atoms with Crippen LogP contribution in [-0.2, 0) is 4.74 Å². The van der Waals surface area contributed by atoms with E-state index in [4.69, 9.17) is 4.74 Å². The molecule has 0 aromatic rings. The predicted molar refractivity (Wildman–Crippen MR) is 61.9 cm³/mol. The Morgan fingerprint density at radius 1 is 1.36 bits per heavy atom. The summed E-state index contributed by atoms with van der Waals surface area (Å²) in [7, 11) is 0. The molecule has 2 nitrogen and oxygen atoms in total. The van der Waals surface area contributed by atoms with Crippen LogP contribution in [0.1, 0.15) is 25.7 Å². The van der Waals surface area contributed by atoms with Crippen molar-refractivity contribution >= 4 is 11.8 Å². The molecule has 2 atom stereocenters. The van der Waals surface area contributed by atoms with Crippen LogP contribution in [-0.4, -0.2) is 37.3 Å². The van der Waals surface area contributed by atoms with E-state index in [0.29, 0.717) is 12.1 Å². The molecule has 2 rings (SSSR count). The highest BCUT2D eigenvalue weighted by atomic mass is 32.2. The summed E-state index contributed by atoms with van der Waals surface area (Å²) in [6, 6.07) is 0.657. The third-order valence-electron chi connectivity index (χ3n) is 3.15. The second kappa shape index (κ2) is 5.38. The molecule has 2 fully saturated rings. The van der Waals surface area contributed by atoms with E-state index >= 15 is 0 Å². The average molecular weight is 215 g/mol. The van der Waals surface area contributed by atoms with Gasteiger partial charge in [-0.2, -0.15) is 11.8 Å². The number of hydrogen-bond acceptors (Lipinski definition) is 3. The van der Waals surface area contributed by atoms with E-state index in [1.807, 2.05) is 11.8 Å². The van der Waals surface area contributed by atoms with E-state index in [2.05, 4.69) is 11.6 Å². The van der Waals surface area contributed by atoms with Gasteiger partial charge in [-0.05, 0) is 50.2 Å². The molecular formula is C11H21NOS. The van der Waals surface area contributed by atoms with E-state index in [1.165, 1.54) is 31.4 Å². The van der Waals surface area contributed by atoms with Gasteiger partial charge in [0.05, 0.1) is 6.10 Å². The van der Waals surface area contributed by atoms with Crippen LogP contribution >= 0.6 is 11.8 Å². The van der Waals surface area contributed by atoms with Gasteiger partial charge < -0.3 is 10.1 Å². The standard InChI is InChI=1S/C11H21NOS/c1-14-8-2-6-12-10-5-7-13-11(10)9-3-4-9/h9-12H,2-8H2,1H3. The molecule has 0 aromatic carbocycles. The fourth-order valence-corrected chi connectivity index (χ4v) is 2.66. The minimum absolute atomic E-state index is 0.546. The maximum absolute atomic E-state index is 5.78. The summed E-state index contributed by atoms with van der Waals surface area (Å²) >= 11 is 1.93. The summed E-state index contributed by atoms with van der Waals surface area (Å²) < 4.78 is 5.78. The normalized spacial score (nSPS) is 32.4. The Balaban J connectivity index is 1.63. The van der Waals surface area contributed by atoms with Gasteiger partial charge in [0.2, 0.25) is 0 Å². The van der Waals surface area contributed by atoms with Gasteiger partial charge in [0.15, 0.2) is 0 Å². The van der Waals surface area contributed by atoms with Gasteiger partial charge in [-0.15, -0.1) is 0 Å². The third kappa shape index (κ3) is 2.88. The fraction of sp³-hybridized carbons (Fsp3) is 1.00. The van der Waals surface area contributed by atoms with E-state index in [-0.39, 0.29) is 0 Å². The summed E-state index contributed by atoms with van der Waals surface area (Å²) in [6.07, 6.45) is 8.02. The van der Waals surface area contributed by atoms with E-state index in [1.54, 1.807) is 0 Å². The van der Waals surface area contributed by atoms with Gasteiger partial charge in [-0.25, -0.2) is 0 Å². The number of thioether (sulfide) groups is 1. The van der Waals surface area contributed by atoms with Crippen molar-refractivity contribution in [3.8, 4) is 0 Å². The minimum Gasteiger partial charge on any atom is -0.376 e. The van der Waals surface area contributed by atoms with Crippen LogP contribution in [0.25, 0.3) is 0 Å². The smallest absolute Gasteiger partial charge is 0.0756 e. The lowest BCUT2D eigenvalue weighted by molar-refractivity contribution is 0.0812. The molecule has 1 heterocycles. The van der Waals surface area contributed by atoms with Crippen molar-refractivity contribution in [2.45, 2.75) is 37.8 Å². The Morgan fingerprint density at radius 3 is 2.93 bits per heavy atom. The molecule has 0 aromatic heterocycles. The van der Waals surface area contributed by atoms with Crippen molar-refractivity contribution in [3.63, 3.8) is 0 Å². The lowest BCUT2D eigenvalue weighted by atomic mass is 10.1. The number of nitrogens with one attached hydrogen (secondary N) is 1. The second-order valence-corrected chi connectivity index (χ2v) is 5.35. The lowest BCUT2D eigenvalue weighted by Crippen LogP contribution is -2.38. The summed E-state index contributed by atoms with van der Waals surface area (Å²) in [6.45, 7) is 2.14. The first-order valence-corrected chi connectivity index (χ1v) is 7.15.